The third-order valence-electron chi connectivity index (χ3n) is 4.98. The normalized spacial score (nSPS) is 11.9. The Morgan fingerprint density at radius 1 is 1.17 bits per heavy atom. The molecule has 0 saturated heterocycles. The lowest BCUT2D eigenvalue weighted by molar-refractivity contribution is 0.0911. The van der Waals surface area contributed by atoms with Crippen molar-refractivity contribution < 1.29 is 14.6 Å². The summed E-state index contributed by atoms with van der Waals surface area (Å²) in [6.45, 7) is -0.179. The van der Waals surface area contributed by atoms with Crippen LogP contribution in [0, 0.1) is 0 Å². The highest BCUT2D eigenvalue weighted by atomic mass is 16.5. The molecule has 4 rings (SSSR count). The quantitative estimate of drug-likeness (QED) is 0.441. The number of para-hydroxylation sites is 1. The van der Waals surface area contributed by atoms with E-state index in [0.29, 0.717) is 12.1 Å². The maximum atomic E-state index is 12.7. The molecule has 3 N–H and O–H groups in total. The highest BCUT2D eigenvalue weighted by Crippen LogP contribution is 2.21. The second kappa shape index (κ2) is 8.75. The fourth-order valence-electron chi connectivity index (χ4n) is 3.39. The van der Waals surface area contributed by atoms with E-state index in [4.69, 9.17) is 4.74 Å². The van der Waals surface area contributed by atoms with Gasteiger partial charge in [0.1, 0.15) is 17.8 Å². The number of carbonyl (C=O) groups excluding carboxylic acids is 1. The van der Waals surface area contributed by atoms with Gasteiger partial charge in [-0.2, -0.15) is 0 Å². The maximum Gasteiger partial charge on any atom is 0.270 e. The number of ether oxygens (including phenoxy) is 1. The first kappa shape index (κ1) is 19.6. The number of H-pyrrole nitrogens is 1. The van der Waals surface area contributed by atoms with Crippen LogP contribution in [0.25, 0.3) is 22.2 Å². The van der Waals surface area contributed by atoms with E-state index in [1.807, 2.05) is 54.7 Å². The molecule has 0 radical (unpaired) electrons. The summed E-state index contributed by atoms with van der Waals surface area (Å²) in [4.78, 5) is 24.3. The third kappa shape index (κ3) is 4.16. The number of aromatic nitrogens is 3. The van der Waals surface area contributed by atoms with Crippen molar-refractivity contribution in [3.8, 4) is 17.0 Å². The van der Waals surface area contributed by atoms with Crippen LogP contribution in [-0.4, -0.2) is 45.7 Å². The summed E-state index contributed by atoms with van der Waals surface area (Å²) < 4.78 is 5.17. The Hall–Kier alpha value is -3.71. The zero-order valence-electron chi connectivity index (χ0n) is 16.5. The van der Waals surface area contributed by atoms with Crippen molar-refractivity contribution in [1.29, 1.82) is 0 Å². The average molecular weight is 402 g/mol. The lowest BCUT2D eigenvalue weighted by Gasteiger charge is -2.16. The van der Waals surface area contributed by atoms with Gasteiger partial charge in [-0.15, -0.1) is 0 Å². The number of benzene rings is 2. The lowest BCUT2D eigenvalue weighted by atomic mass is 10.1. The van der Waals surface area contributed by atoms with E-state index in [9.17, 15) is 9.90 Å². The molecule has 0 unspecified atom stereocenters. The predicted molar refractivity (Wildman–Crippen MR) is 114 cm³/mol. The van der Waals surface area contributed by atoms with Crippen LogP contribution in [0.3, 0.4) is 0 Å². The van der Waals surface area contributed by atoms with Crippen LogP contribution < -0.4 is 10.1 Å². The Labute approximate surface area is 173 Å². The molecule has 0 aliphatic heterocycles. The molecule has 4 aromatic rings. The van der Waals surface area contributed by atoms with Crippen LogP contribution in [0.2, 0.25) is 0 Å². The number of nitrogens with zero attached hydrogens (tertiary/aromatic N) is 2. The second-order valence-electron chi connectivity index (χ2n) is 6.93. The summed E-state index contributed by atoms with van der Waals surface area (Å²) in [5.74, 6) is 0.389. The smallest absolute Gasteiger partial charge is 0.270 e. The number of aliphatic hydroxyl groups excluding tert-OH is 1. The summed E-state index contributed by atoms with van der Waals surface area (Å²) in [7, 11) is 1.61. The summed E-state index contributed by atoms with van der Waals surface area (Å²) in [5.41, 5.74) is 3.79. The van der Waals surface area contributed by atoms with Gasteiger partial charge in [-0.1, -0.05) is 18.2 Å². The van der Waals surface area contributed by atoms with Gasteiger partial charge in [0, 0.05) is 22.7 Å². The highest BCUT2D eigenvalue weighted by Gasteiger charge is 2.17. The van der Waals surface area contributed by atoms with Crippen LogP contribution >= 0.6 is 0 Å². The van der Waals surface area contributed by atoms with E-state index >= 15 is 0 Å². The summed E-state index contributed by atoms with van der Waals surface area (Å²) in [6.07, 6.45) is 3.77. The van der Waals surface area contributed by atoms with Crippen molar-refractivity contribution in [2.24, 2.45) is 0 Å². The van der Waals surface area contributed by atoms with Gasteiger partial charge in [0.05, 0.1) is 25.5 Å². The van der Waals surface area contributed by atoms with E-state index in [1.54, 1.807) is 13.2 Å². The SMILES string of the molecule is COc1ccc(-c2cc(C(=O)N[C@@H](CO)Cc3c[nH]c4ccccc34)ncn2)cc1. The number of nitrogens with one attached hydrogen (secondary N) is 2. The molecule has 7 heteroatoms. The number of carbonyl (C=O) groups is 1. The van der Waals surface area contributed by atoms with Crippen LogP contribution in [-0.2, 0) is 6.42 Å². The van der Waals surface area contributed by atoms with Gasteiger partial charge >= 0.3 is 0 Å². The monoisotopic (exact) mass is 402 g/mol. The standard InChI is InChI=1S/C23H22N4O3/c1-30-18-8-6-15(7-9-18)21-11-22(26-14-25-21)23(29)27-17(13-28)10-16-12-24-20-5-3-2-4-19(16)20/h2-9,11-12,14,17,24,28H,10,13H2,1H3,(H,27,29)/t17-/m1/s1. The first-order valence-electron chi connectivity index (χ1n) is 9.61. The van der Waals surface area contributed by atoms with Gasteiger partial charge in [0.25, 0.3) is 5.91 Å². The molecule has 0 saturated carbocycles. The zero-order valence-corrected chi connectivity index (χ0v) is 16.5. The van der Waals surface area contributed by atoms with E-state index in [0.717, 1.165) is 27.8 Å². The summed E-state index contributed by atoms with van der Waals surface area (Å²) in [5, 5.41) is 13.8. The molecule has 0 bridgehead atoms. The lowest BCUT2D eigenvalue weighted by Crippen LogP contribution is -2.39. The number of methoxy groups -OCH3 is 1. The van der Waals surface area contributed by atoms with E-state index < -0.39 is 6.04 Å². The van der Waals surface area contributed by atoms with E-state index in [-0.39, 0.29) is 18.2 Å². The molecule has 0 aliphatic carbocycles. The molecule has 7 nitrogen and oxygen atoms in total. The third-order valence-corrected chi connectivity index (χ3v) is 4.98. The minimum absolute atomic E-state index is 0.179. The summed E-state index contributed by atoms with van der Waals surface area (Å²) in [6, 6.07) is 16.5. The van der Waals surface area contributed by atoms with Crippen LogP contribution in [0.15, 0.2) is 67.1 Å². The summed E-state index contributed by atoms with van der Waals surface area (Å²) >= 11 is 0. The van der Waals surface area contributed by atoms with Crippen molar-refractivity contribution in [2.75, 3.05) is 13.7 Å². The molecule has 1 atom stereocenters. The molecule has 2 heterocycles. The Morgan fingerprint density at radius 2 is 1.97 bits per heavy atom. The first-order valence-corrected chi connectivity index (χ1v) is 9.61. The molecule has 2 aromatic heterocycles. The van der Waals surface area contributed by atoms with Crippen molar-refractivity contribution in [3.63, 3.8) is 0 Å². The fraction of sp³-hybridized carbons (Fsp3) is 0.174. The first-order chi connectivity index (χ1) is 14.7. The molecule has 152 valence electrons. The van der Waals surface area contributed by atoms with Crippen LogP contribution in [0.4, 0.5) is 0 Å². The van der Waals surface area contributed by atoms with Crippen molar-refractivity contribution in [3.05, 3.63) is 78.4 Å². The second-order valence-corrected chi connectivity index (χ2v) is 6.93. The average Bonchev–Trinajstić information content (AvgIpc) is 3.21. The number of hydrogen-bond acceptors (Lipinski definition) is 5. The van der Waals surface area contributed by atoms with E-state index in [1.165, 1.54) is 6.33 Å². The largest absolute Gasteiger partial charge is 0.497 e. The minimum Gasteiger partial charge on any atom is -0.497 e. The molecule has 0 spiro atoms. The number of hydrogen-bond donors (Lipinski definition) is 3. The molecule has 1 amide bonds. The van der Waals surface area contributed by atoms with Gasteiger partial charge < -0.3 is 20.1 Å². The Balaban J connectivity index is 1.49. The molecule has 0 aliphatic rings. The Kier molecular flexibility index (Phi) is 5.72. The van der Waals surface area contributed by atoms with E-state index in [2.05, 4.69) is 20.3 Å². The Bertz CT molecular complexity index is 1150. The number of amides is 1. The minimum atomic E-state index is -0.434. The van der Waals surface area contributed by atoms with Gasteiger partial charge in [0.2, 0.25) is 0 Å². The molecule has 2 aromatic carbocycles. The maximum absolute atomic E-state index is 12.7. The van der Waals surface area contributed by atoms with Gasteiger partial charge in [-0.25, -0.2) is 9.97 Å². The van der Waals surface area contributed by atoms with Crippen molar-refractivity contribution >= 4 is 16.8 Å². The number of aromatic amines is 1. The number of aliphatic hydroxyl groups is 1. The predicted octanol–water partition coefficient (Wildman–Crippen LogP) is 2.97. The fourth-order valence-corrected chi connectivity index (χ4v) is 3.39. The zero-order chi connectivity index (χ0) is 20.9. The van der Waals surface area contributed by atoms with Crippen LogP contribution in [0.1, 0.15) is 16.1 Å². The number of rotatable bonds is 7. The Morgan fingerprint density at radius 3 is 2.73 bits per heavy atom. The molecule has 30 heavy (non-hydrogen) atoms. The van der Waals surface area contributed by atoms with Crippen LogP contribution in [0.5, 0.6) is 5.75 Å². The van der Waals surface area contributed by atoms with Crippen molar-refractivity contribution in [1.82, 2.24) is 20.3 Å². The van der Waals surface area contributed by atoms with Gasteiger partial charge in [-0.3, -0.25) is 4.79 Å². The highest BCUT2D eigenvalue weighted by molar-refractivity contribution is 5.93. The molecule has 0 fully saturated rings. The molecular weight excluding hydrogens is 380 g/mol. The van der Waals surface area contributed by atoms with Gasteiger partial charge in [-0.05, 0) is 48.4 Å². The molecular formula is C23H22N4O3. The van der Waals surface area contributed by atoms with Crippen molar-refractivity contribution in [2.45, 2.75) is 12.5 Å². The number of fused-ring (bicyclic) bond motifs is 1. The van der Waals surface area contributed by atoms with Gasteiger partial charge in [0.15, 0.2) is 0 Å². The topological polar surface area (TPSA) is 100 Å².